The molecule has 0 unspecified atom stereocenters. The van der Waals surface area contributed by atoms with E-state index in [4.69, 9.17) is 16.6 Å². The van der Waals surface area contributed by atoms with Gasteiger partial charge in [-0.1, -0.05) is 6.07 Å². The van der Waals surface area contributed by atoms with Gasteiger partial charge in [0.1, 0.15) is 0 Å². The number of carbonyl (C=O) groups excluding carboxylic acids is 2. The van der Waals surface area contributed by atoms with E-state index < -0.39 is 24.2 Å². The smallest absolute Gasteiger partial charge is 0.252 e. The highest BCUT2D eigenvalue weighted by molar-refractivity contribution is 6.01. The van der Waals surface area contributed by atoms with Crippen LogP contribution in [0.25, 0.3) is 0 Å². The minimum atomic E-state index is -0.893. The van der Waals surface area contributed by atoms with Crippen LogP contribution in [0.4, 0.5) is 5.69 Å². The van der Waals surface area contributed by atoms with Gasteiger partial charge >= 0.3 is 0 Å². The molecule has 0 aliphatic carbocycles. The Hall–Kier alpha value is -2.12. The summed E-state index contributed by atoms with van der Waals surface area (Å²) in [5.74, 6) is -1.89. The van der Waals surface area contributed by atoms with Crippen molar-refractivity contribution in [2.45, 2.75) is 6.61 Å². The largest absolute Gasteiger partial charge is 0.505 e. The summed E-state index contributed by atoms with van der Waals surface area (Å²) in [4.78, 5) is 22.2. The summed E-state index contributed by atoms with van der Waals surface area (Å²) in [6.45, 7) is -0.704. The highest BCUT2D eigenvalue weighted by Crippen LogP contribution is 2.30. The van der Waals surface area contributed by atoms with Crippen molar-refractivity contribution < 1.29 is 19.8 Å². The minimum Gasteiger partial charge on any atom is -0.505 e. The van der Waals surface area contributed by atoms with Crippen LogP contribution in [-0.2, 0) is 11.4 Å². The van der Waals surface area contributed by atoms with E-state index in [2.05, 4.69) is 5.32 Å². The zero-order valence-corrected chi connectivity index (χ0v) is 8.93. The minimum absolute atomic E-state index is 0.0199. The Kier molecular flexibility index (Phi) is 4.02. The number of aromatic hydroxyl groups is 1. The first-order valence-electron chi connectivity index (χ1n) is 4.76. The lowest BCUT2D eigenvalue weighted by molar-refractivity contribution is -0.114. The number of amides is 2. The number of nitrogens with two attached hydrogens (primary N) is 2. The SMILES string of the molecule is NCC(=O)Nc1ccc(CO)c(C(N)=O)c1O. The van der Waals surface area contributed by atoms with Crippen molar-refractivity contribution in [3.05, 3.63) is 23.3 Å². The molecule has 1 aromatic carbocycles. The summed E-state index contributed by atoms with van der Waals surface area (Å²) in [6, 6.07) is 2.73. The van der Waals surface area contributed by atoms with Crippen LogP contribution in [0.3, 0.4) is 0 Å². The van der Waals surface area contributed by atoms with Crippen molar-refractivity contribution in [1.29, 1.82) is 0 Å². The molecular formula is C10H13N3O4. The second-order valence-corrected chi connectivity index (χ2v) is 3.27. The Labute approximate surface area is 97.0 Å². The third-order valence-corrected chi connectivity index (χ3v) is 2.14. The number of carbonyl (C=O) groups is 2. The van der Waals surface area contributed by atoms with Crippen LogP contribution in [0.5, 0.6) is 5.75 Å². The molecule has 0 aromatic heterocycles. The standard InChI is InChI=1S/C10H13N3O4/c11-3-7(15)13-6-2-1-5(4-14)8(9(6)16)10(12)17/h1-2,14,16H,3-4,11H2,(H2,12,17)(H,13,15). The fraction of sp³-hybridized carbons (Fsp3) is 0.200. The first-order chi connectivity index (χ1) is 8.01. The van der Waals surface area contributed by atoms with Crippen molar-refractivity contribution in [3.63, 3.8) is 0 Å². The maximum atomic E-state index is 11.1. The van der Waals surface area contributed by atoms with Crippen molar-refractivity contribution in [2.24, 2.45) is 11.5 Å². The van der Waals surface area contributed by atoms with E-state index in [-0.39, 0.29) is 23.4 Å². The molecule has 0 aliphatic heterocycles. The van der Waals surface area contributed by atoms with Gasteiger partial charge in [-0.05, 0) is 11.6 Å². The quantitative estimate of drug-likeness (QED) is 0.423. The van der Waals surface area contributed by atoms with Crippen LogP contribution in [0.2, 0.25) is 0 Å². The van der Waals surface area contributed by atoms with Gasteiger partial charge in [-0.25, -0.2) is 0 Å². The maximum absolute atomic E-state index is 11.1. The van der Waals surface area contributed by atoms with Gasteiger partial charge in [0.05, 0.1) is 24.4 Å². The summed E-state index contributed by atoms with van der Waals surface area (Å²) >= 11 is 0. The van der Waals surface area contributed by atoms with Crippen molar-refractivity contribution in [1.82, 2.24) is 0 Å². The van der Waals surface area contributed by atoms with Crippen LogP contribution in [-0.4, -0.2) is 28.6 Å². The predicted molar refractivity (Wildman–Crippen MR) is 60.2 cm³/mol. The summed E-state index contributed by atoms with van der Waals surface area (Å²) in [6.07, 6.45) is 0. The van der Waals surface area contributed by atoms with Crippen LogP contribution < -0.4 is 16.8 Å². The van der Waals surface area contributed by atoms with Crippen molar-refractivity contribution in [2.75, 3.05) is 11.9 Å². The Morgan fingerprint density at radius 2 is 2.00 bits per heavy atom. The number of primary amides is 1. The third kappa shape index (κ3) is 2.71. The lowest BCUT2D eigenvalue weighted by atomic mass is 10.0. The number of phenols is 1. The molecule has 7 heteroatoms. The van der Waals surface area contributed by atoms with Gasteiger partial charge in [0.15, 0.2) is 5.75 Å². The number of hydrogen-bond donors (Lipinski definition) is 5. The monoisotopic (exact) mass is 239 g/mol. The van der Waals surface area contributed by atoms with Gasteiger partial charge in [0.25, 0.3) is 5.91 Å². The molecule has 0 saturated heterocycles. The number of hydrogen-bond acceptors (Lipinski definition) is 5. The molecule has 17 heavy (non-hydrogen) atoms. The number of aliphatic hydroxyl groups excluding tert-OH is 1. The molecule has 0 heterocycles. The number of nitrogens with one attached hydrogen (secondary N) is 1. The van der Waals surface area contributed by atoms with Gasteiger partial charge in [-0.15, -0.1) is 0 Å². The lowest BCUT2D eigenvalue weighted by Gasteiger charge is -2.11. The summed E-state index contributed by atoms with van der Waals surface area (Å²) in [7, 11) is 0. The Morgan fingerprint density at radius 3 is 2.47 bits per heavy atom. The van der Waals surface area contributed by atoms with E-state index in [1.165, 1.54) is 12.1 Å². The number of benzene rings is 1. The molecule has 0 aliphatic rings. The van der Waals surface area contributed by atoms with Gasteiger partial charge < -0.3 is 27.0 Å². The van der Waals surface area contributed by atoms with E-state index in [1.807, 2.05) is 0 Å². The summed E-state index contributed by atoms with van der Waals surface area (Å²) < 4.78 is 0. The number of rotatable bonds is 4. The lowest BCUT2D eigenvalue weighted by Crippen LogP contribution is -2.22. The first-order valence-corrected chi connectivity index (χ1v) is 4.76. The first kappa shape index (κ1) is 12.9. The molecule has 7 N–H and O–H groups in total. The second kappa shape index (κ2) is 5.28. The van der Waals surface area contributed by atoms with E-state index in [0.717, 1.165) is 0 Å². The number of anilines is 1. The Balaban J connectivity index is 3.23. The average Bonchev–Trinajstić information content (AvgIpc) is 2.30. The highest BCUT2D eigenvalue weighted by atomic mass is 16.3. The fourth-order valence-corrected chi connectivity index (χ4v) is 1.34. The normalized spacial score (nSPS) is 10.0. The van der Waals surface area contributed by atoms with Gasteiger partial charge in [0.2, 0.25) is 5.91 Å². The zero-order valence-electron chi connectivity index (χ0n) is 8.93. The highest BCUT2D eigenvalue weighted by Gasteiger charge is 2.17. The molecule has 1 rings (SSSR count). The van der Waals surface area contributed by atoms with Crippen LogP contribution >= 0.6 is 0 Å². The molecule has 0 saturated carbocycles. The van der Waals surface area contributed by atoms with Gasteiger partial charge in [-0.3, -0.25) is 9.59 Å². The van der Waals surface area contributed by atoms with Gasteiger partial charge in [-0.2, -0.15) is 0 Å². The van der Waals surface area contributed by atoms with Crippen LogP contribution in [0.1, 0.15) is 15.9 Å². The summed E-state index contributed by atoms with van der Waals surface area (Å²) in [5, 5.41) is 21.0. The molecule has 92 valence electrons. The van der Waals surface area contributed by atoms with Crippen molar-refractivity contribution >= 4 is 17.5 Å². The second-order valence-electron chi connectivity index (χ2n) is 3.27. The zero-order chi connectivity index (χ0) is 13.0. The molecule has 0 fully saturated rings. The van der Waals surface area contributed by atoms with Crippen molar-refractivity contribution in [3.8, 4) is 5.75 Å². The molecule has 2 amide bonds. The Bertz CT molecular complexity index is 459. The molecular weight excluding hydrogens is 226 g/mol. The fourth-order valence-electron chi connectivity index (χ4n) is 1.34. The van der Waals surface area contributed by atoms with E-state index in [9.17, 15) is 14.7 Å². The molecule has 7 nitrogen and oxygen atoms in total. The molecule has 0 bridgehead atoms. The van der Waals surface area contributed by atoms with E-state index in [0.29, 0.717) is 0 Å². The molecule has 0 atom stereocenters. The van der Waals surface area contributed by atoms with Crippen LogP contribution in [0.15, 0.2) is 12.1 Å². The third-order valence-electron chi connectivity index (χ3n) is 2.14. The maximum Gasteiger partial charge on any atom is 0.252 e. The topological polar surface area (TPSA) is 139 Å². The molecule has 0 spiro atoms. The Morgan fingerprint density at radius 1 is 1.35 bits per heavy atom. The van der Waals surface area contributed by atoms with Gasteiger partial charge in [0, 0.05) is 0 Å². The predicted octanol–water partition coefficient (Wildman–Crippen LogP) is -1.12. The molecule has 1 aromatic rings. The summed E-state index contributed by atoms with van der Waals surface area (Å²) in [5.41, 5.74) is 10.2. The average molecular weight is 239 g/mol. The number of aliphatic hydroxyl groups is 1. The van der Waals surface area contributed by atoms with E-state index >= 15 is 0 Å². The van der Waals surface area contributed by atoms with E-state index in [1.54, 1.807) is 0 Å². The molecule has 0 radical (unpaired) electrons. The van der Waals surface area contributed by atoms with Crippen LogP contribution in [0, 0.1) is 0 Å².